The molecule has 2 bridgehead atoms. The molecule has 2 unspecified atom stereocenters. The number of sulfonamides is 1. The van der Waals surface area contributed by atoms with Crippen LogP contribution >= 0.6 is 15.9 Å². The average Bonchev–Trinajstić information content (AvgIpc) is 2.71. The quantitative estimate of drug-likeness (QED) is 0.825. The molecule has 2 aliphatic heterocycles. The van der Waals surface area contributed by atoms with Crippen LogP contribution in [0, 0.1) is 0 Å². The highest BCUT2D eigenvalue weighted by Crippen LogP contribution is 2.31. The third kappa shape index (κ3) is 2.40. The molecule has 7 heteroatoms. The first kappa shape index (κ1) is 13.4. The zero-order chi connectivity index (χ0) is 13.6. The maximum Gasteiger partial charge on any atom is 0.243 e. The Balaban J connectivity index is 1.91. The van der Waals surface area contributed by atoms with E-state index in [4.69, 9.17) is 10.5 Å². The number of rotatable bonds is 2. The summed E-state index contributed by atoms with van der Waals surface area (Å²) in [4.78, 5) is 0.245. The van der Waals surface area contributed by atoms with Gasteiger partial charge in [0.25, 0.3) is 0 Å². The van der Waals surface area contributed by atoms with Gasteiger partial charge in [0.1, 0.15) is 0 Å². The number of hydrogen-bond donors (Lipinski definition) is 1. The molecule has 104 valence electrons. The predicted molar refractivity (Wildman–Crippen MR) is 75.2 cm³/mol. The highest BCUT2D eigenvalue weighted by atomic mass is 79.9. The molecule has 3 rings (SSSR count). The number of morpholine rings is 1. The van der Waals surface area contributed by atoms with Gasteiger partial charge < -0.3 is 10.5 Å². The first-order valence-corrected chi connectivity index (χ1v) is 8.41. The largest absolute Gasteiger partial charge is 0.398 e. The molecule has 1 aromatic carbocycles. The van der Waals surface area contributed by atoms with Crippen LogP contribution < -0.4 is 5.73 Å². The van der Waals surface area contributed by atoms with Crippen molar-refractivity contribution in [2.75, 3.05) is 18.8 Å². The monoisotopic (exact) mass is 346 g/mol. The van der Waals surface area contributed by atoms with Gasteiger partial charge in [-0.25, -0.2) is 8.42 Å². The van der Waals surface area contributed by atoms with Crippen molar-refractivity contribution in [3.8, 4) is 0 Å². The van der Waals surface area contributed by atoms with E-state index in [0.717, 1.165) is 12.8 Å². The van der Waals surface area contributed by atoms with E-state index in [0.29, 0.717) is 23.2 Å². The van der Waals surface area contributed by atoms with Gasteiger partial charge in [-0.3, -0.25) is 0 Å². The van der Waals surface area contributed by atoms with Gasteiger partial charge in [0.05, 0.1) is 17.1 Å². The summed E-state index contributed by atoms with van der Waals surface area (Å²) in [6.07, 6.45) is 1.97. The van der Waals surface area contributed by atoms with Crippen LogP contribution in [-0.4, -0.2) is 38.0 Å². The molecule has 2 fully saturated rings. The molecule has 0 amide bonds. The molecular weight excluding hydrogens is 332 g/mol. The molecule has 2 saturated heterocycles. The van der Waals surface area contributed by atoms with Crippen LogP contribution in [0.3, 0.4) is 0 Å². The van der Waals surface area contributed by atoms with Crippen molar-refractivity contribution in [3.05, 3.63) is 22.7 Å². The number of fused-ring (bicyclic) bond motifs is 2. The summed E-state index contributed by atoms with van der Waals surface area (Å²) >= 11 is 3.27. The lowest BCUT2D eigenvalue weighted by molar-refractivity contribution is -0.0114. The zero-order valence-corrected chi connectivity index (χ0v) is 12.7. The number of nitrogens with zero attached hydrogens (tertiary/aromatic N) is 1. The molecular formula is C12H15BrN2O3S. The molecule has 19 heavy (non-hydrogen) atoms. The zero-order valence-electron chi connectivity index (χ0n) is 10.3. The summed E-state index contributed by atoms with van der Waals surface area (Å²) in [5.41, 5.74) is 6.19. The maximum atomic E-state index is 12.6. The molecule has 0 saturated carbocycles. The van der Waals surface area contributed by atoms with Crippen molar-refractivity contribution in [1.82, 2.24) is 4.31 Å². The molecule has 2 atom stereocenters. The number of nitrogens with two attached hydrogens (primary N) is 1. The van der Waals surface area contributed by atoms with Gasteiger partial charge in [0, 0.05) is 23.2 Å². The van der Waals surface area contributed by atoms with E-state index >= 15 is 0 Å². The summed E-state index contributed by atoms with van der Waals surface area (Å²) < 4.78 is 33.0. The summed E-state index contributed by atoms with van der Waals surface area (Å²) in [5, 5.41) is 0. The summed E-state index contributed by atoms with van der Waals surface area (Å²) in [6.45, 7) is 0.879. The van der Waals surface area contributed by atoms with Crippen LogP contribution in [0.4, 0.5) is 5.69 Å². The van der Waals surface area contributed by atoms with Crippen LogP contribution in [0.1, 0.15) is 12.8 Å². The van der Waals surface area contributed by atoms with E-state index in [-0.39, 0.29) is 17.1 Å². The van der Waals surface area contributed by atoms with Crippen molar-refractivity contribution in [1.29, 1.82) is 0 Å². The summed E-state index contributed by atoms with van der Waals surface area (Å²) in [7, 11) is -3.47. The Morgan fingerprint density at radius 1 is 1.26 bits per heavy atom. The fourth-order valence-corrected chi connectivity index (χ4v) is 4.39. The van der Waals surface area contributed by atoms with Crippen LogP contribution in [-0.2, 0) is 14.8 Å². The van der Waals surface area contributed by atoms with Gasteiger partial charge in [-0.15, -0.1) is 0 Å². The Bertz CT molecular complexity index is 593. The number of nitrogen functional groups attached to an aromatic ring is 1. The van der Waals surface area contributed by atoms with E-state index < -0.39 is 10.0 Å². The van der Waals surface area contributed by atoms with Crippen molar-refractivity contribution in [2.24, 2.45) is 0 Å². The fraction of sp³-hybridized carbons (Fsp3) is 0.500. The SMILES string of the molecule is Nc1cc(S(=O)(=O)N2CC3CCC(C2)O3)ccc1Br. The molecule has 1 aromatic rings. The number of halogens is 1. The van der Waals surface area contributed by atoms with Gasteiger partial charge in [-0.05, 0) is 47.0 Å². The molecule has 5 nitrogen and oxygen atoms in total. The standard InChI is InChI=1S/C12H15BrN2O3S/c13-11-4-3-10(5-12(11)14)19(16,17)15-6-8-1-2-9(7-15)18-8/h3-5,8-9H,1-2,6-7,14H2. The number of ether oxygens (including phenoxy) is 1. The molecule has 0 radical (unpaired) electrons. The molecule has 0 aromatic heterocycles. The molecule has 2 heterocycles. The van der Waals surface area contributed by atoms with Gasteiger partial charge in [-0.2, -0.15) is 4.31 Å². The van der Waals surface area contributed by atoms with Crippen LogP contribution in [0.25, 0.3) is 0 Å². The second kappa shape index (κ2) is 4.73. The van der Waals surface area contributed by atoms with Gasteiger partial charge in [-0.1, -0.05) is 0 Å². The van der Waals surface area contributed by atoms with Gasteiger partial charge >= 0.3 is 0 Å². The molecule has 2 N–H and O–H groups in total. The Kier molecular flexibility index (Phi) is 3.33. The predicted octanol–water partition coefficient (Wildman–Crippen LogP) is 1.58. The Hall–Kier alpha value is -0.630. The van der Waals surface area contributed by atoms with E-state index in [9.17, 15) is 8.42 Å². The Morgan fingerprint density at radius 3 is 2.47 bits per heavy atom. The van der Waals surface area contributed by atoms with E-state index in [2.05, 4.69) is 15.9 Å². The Morgan fingerprint density at radius 2 is 1.89 bits per heavy atom. The van der Waals surface area contributed by atoms with Crippen molar-refractivity contribution < 1.29 is 13.2 Å². The topological polar surface area (TPSA) is 72.6 Å². The first-order chi connectivity index (χ1) is 8.96. The molecule has 0 aliphatic carbocycles. The van der Waals surface area contributed by atoms with Crippen LogP contribution in [0.2, 0.25) is 0 Å². The summed E-state index contributed by atoms with van der Waals surface area (Å²) in [5.74, 6) is 0. The minimum Gasteiger partial charge on any atom is -0.398 e. The van der Waals surface area contributed by atoms with Crippen molar-refractivity contribution in [2.45, 2.75) is 29.9 Å². The third-order valence-electron chi connectivity index (χ3n) is 3.62. The van der Waals surface area contributed by atoms with E-state index in [1.165, 1.54) is 10.4 Å². The molecule has 2 aliphatic rings. The van der Waals surface area contributed by atoms with Crippen molar-refractivity contribution >= 4 is 31.6 Å². The maximum absolute atomic E-state index is 12.6. The molecule has 0 spiro atoms. The van der Waals surface area contributed by atoms with Gasteiger partial charge in [0.2, 0.25) is 10.0 Å². The van der Waals surface area contributed by atoms with E-state index in [1.807, 2.05) is 0 Å². The number of anilines is 1. The summed E-state index contributed by atoms with van der Waals surface area (Å²) in [6, 6.07) is 4.74. The lowest BCUT2D eigenvalue weighted by Gasteiger charge is -2.31. The fourth-order valence-electron chi connectivity index (χ4n) is 2.61. The number of benzene rings is 1. The lowest BCUT2D eigenvalue weighted by atomic mass is 10.2. The van der Waals surface area contributed by atoms with E-state index in [1.54, 1.807) is 12.1 Å². The second-order valence-electron chi connectivity index (χ2n) is 4.96. The Labute approximate surface area is 120 Å². The van der Waals surface area contributed by atoms with Crippen molar-refractivity contribution in [3.63, 3.8) is 0 Å². The average molecular weight is 347 g/mol. The minimum absolute atomic E-state index is 0.0429. The third-order valence-corrected chi connectivity index (χ3v) is 6.17. The normalized spacial score (nSPS) is 27.6. The van der Waals surface area contributed by atoms with Gasteiger partial charge in [0.15, 0.2) is 0 Å². The highest BCUT2D eigenvalue weighted by Gasteiger charge is 2.39. The second-order valence-corrected chi connectivity index (χ2v) is 7.76. The smallest absolute Gasteiger partial charge is 0.243 e. The lowest BCUT2D eigenvalue weighted by Crippen LogP contribution is -2.45. The number of hydrogen-bond acceptors (Lipinski definition) is 4. The first-order valence-electron chi connectivity index (χ1n) is 6.17. The minimum atomic E-state index is -3.47. The van der Waals surface area contributed by atoms with Crippen LogP contribution in [0.15, 0.2) is 27.6 Å². The van der Waals surface area contributed by atoms with Crippen LogP contribution in [0.5, 0.6) is 0 Å². The highest BCUT2D eigenvalue weighted by molar-refractivity contribution is 9.10.